The predicted molar refractivity (Wildman–Crippen MR) is 86.6 cm³/mol. The average molecular weight is 287 g/mol. The van der Waals surface area contributed by atoms with Crippen molar-refractivity contribution in [1.82, 2.24) is 9.78 Å². The fraction of sp³-hybridized carbons (Fsp3) is 0.471. The van der Waals surface area contributed by atoms with E-state index >= 15 is 0 Å². The van der Waals surface area contributed by atoms with E-state index in [-0.39, 0.29) is 0 Å². The van der Waals surface area contributed by atoms with Crippen molar-refractivity contribution in [2.75, 3.05) is 11.9 Å². The molecule has 0 unspecified atom stereocenters. The topological polar surface area (TPSA) is 39.1 Å². The first-order valence-electron chi connectivity index (χ1n) is 7.66. The van der Waals surface area contributed by atoms with Crippen LogP contribution in [0.15, 0.2) is 36.5 Å². The zero-order valence-electron chi connectivity index (χ0n) is 13.2. The van der Waals surface area contributed by atoms with Gasteiger partial charge in [0.15, 0.2) is 0 Å². The summed E-state index contributed by atoms with van der Waals surface area (Å²) in [6, 6.07) is 10.2. The standard InChI is InChI=1S/C17H25N3O/c1-4-10-20-11-9-17(19-20)18-12-15-5-7-16(8-6-15)21-13-14(2)3/h5-9,11,14H,4,10,12-13H2,1-3H3,(H,18,19). The summed E-state index contributed by atoms with van der Waals surface area (Å²) < 4.78 is 7.64. The van der Waals surface area contributed by atoms with Crippen molar-refractivity contribution in [1.29, 1.82) is 0 Å². The summed E-state index contributed by atoms with van der Waals surface area (Å²) in [7, 11) is 0. The zero-order valence-corrected chi connectivity index (χ0v) is 13.2. The van der Waals surface area contributed by atoms with Crippen molar-refractivity contribution in [2.24, 2.45) is 5.92 Å². The lowest BCUT2D eigenvalue weighted by Gasteiger charge is -2.09. The summed E-state index contributed by atoms with van der Waals surface area (Å²) in [6.45, 7) is 8.94. The number of benzene rings is 1. The first-order chi connectivity index (χ1) is 10.2. The van der Waals surface area contributed by atoms with Gasteiger partial charge in [-0.1, -0.05) is 32.9 Å². The van der Waals surface area contributed by atoms with Crippen LogP contribution in [0.25, 0.3) is 0 Å². The van der Waals surface area contributed by atoms with Gasteiger partial charge in [0.2, 0.25) is 0 Å². The number of rotatable bonds is 8. The molecule has 1 N–H and O–H groups in total. The zero-order chi connectivity index (χ0) is 15.1. The molecule has 2 rings (SSSR count). The Hall–Kier alpha value is -1.97. The number of nitrogens with zero attached hydrogens (tertiary/aromatic N) is 2. The molecule has 4 nitrogen and oxygen atoms in total. The van der Waals surface area contributed by atoms with Crippen molar-refractivity contribution in [2.45, 2.75) is 40.3 Å². The van der Waals surface area contributed by atoms with E-state index in [0.29, 0.717) is 5.92 Å². The van der Waals surface area contributed by atoms with Gasteiger partial charge >= 0.3 is 0 Å². The SMILES string of the molecule is CCCn1ccc(NCc2ccc(OCC(C)C)cc2)n1. The largest absolute Gasteiger partial charge is 0.493 e. The molecule has 0 atom stereocenters. The smallest absolute Gasteiger partial charge is 0.148 e. The molecule has 0 saturated heterocycles. The molecule has 0 aliphatic carbocycles. The van der Waals surface area contributed by atoms with Crippen LogP contribution in [0.4, 0.5) is 5.82 Å². The summed E-state index contributed by atoms with van der Waals surface area (Å²) in [6.07, 6.45) is 3.10. The van der Waals surface area contributed by atoms with Gasteiger partial charge in [0.1, 0.15) is 11.6 Å². The van der Waals surface area contributed by atoms with Crippen LogP contribution in [0, 0.1) is 5.92 Å². The number of hydrogen-bond donors (Lipinski definition) is 1. The van der Waals surface area contributed by atoms with Crippen LogP contribution in [0.3, 0.4) is 0 Å². The second kappa shape index (κ2) is 7.72. The Labute approximate surface area is 127 Å². The van der Waals surface area contributed by atoms with Gasteiger partial charge in [-0.25, -0.2) is 0 Å². The number of ether oxygens (including phenoxy) is 1. The minimum absolute atomic E-state index is 0.546. The molecule has 0 bridgehead atoms. The van der Waals surface area contributed by atoms with E-state index in [4.69, 9.17) is 4.74 Å². The highest BCUT2D eigenvalue weighted by atomic mass is 16.5. The average Bonchev–Trinajstić information content (AvgIpc) is 2.92. The van der Waals surface area contributed by atoms with Crippen LogP contribution in [-0.4, -0.2) is 16.4 Å². The van der Waals surface area contributed by atoms with Gasteiger partial charge in [0, 0.05) is 25.4 Å². The minimum Gasteiger partial charge on any atom is -0.493 e. The summed E-state index contributed by atoms with van der Waals surface area (Å²) in [5.41, 5.74) is 1.22. The normalized spacial score (nSPS) is 10.9. The Morgan fingerprint density at radius 1 is 1.19 bits per heavy atom. The number of aryl methyl sites for hydroxylation is 1. The molecule has 21 heavy (non-hydrogen) atoms. The Kier molecular flexibility index (Phi) is 5.67. The molecule has 0 fully saturated rings. The summed E-state index contributed by atoms with van der Waals surface area (Å²) in [4.78, 5) is 0. The molecule has 1 aromatic heterocycles. The monoisotopic (exact) mass is 287 g/mol. The van der Waals surface area contributed by atoms with Gasteiger partial charge in [-0.05, 0) is 30.0 Å². The fourth-order valence-electron chi connectivity index (χ4n) is 1.97. The molecule has 0 spiro atoms. The molecule has 0 radical (unpaired) electrons. The van der Waals surface area contributed by atoms with Crippen LogP contribution >= 0.6 is 0 Å². The maximum Gasteiger partial charge on any atom is 0.148 e. The summed E-state index contributed by atoms with van der Waals surface area (Å²) >= 11 is 0. The molecule has 0 aliphatic rings. The molecule has 0 saturated carbocycles. The lowest BCUT2D eigenvalue weighted by molar-refractivity contribution is 0.271. The first kappa shape index (κ1) is 15.4. The van der Waals surface area contributed by atoms with E-state index in [1.54, 1.807) is 0 Å². The molecule has 1 heterocycles. The van der Waals surface area contributed by atoms with E-state index in [1.165, 1.54) is 5.56 Å². The summed E-state index contributed by atoms with van der Waals surface area (Å²) in [5, 5.41) is 7.80. The Bertz CT molecular complexity index is 531. The van der Waals surface area contributed by atoms with Crippen LogP contribution in [0.1, 0.15) is 32.8 Å². The van der Waals surface area contributed by atoms with Gasteiger partial charge in [-0.2, -0.15) is 5.10 Å². The second-order valence-electron chi connectivity index (χ2n) is 5.67. The molecule has 114 valence electrons. The van der Waals surface area contributed by atoms with Gasteiger partial charge in [0.25, 0.3) is 0 Å². The quantitative estimate of drug-likeness (QED) is 0.799. The predicted octanol–water partition coefficient (Wildman–Crippen LogP) is 3.94. The minimum atomic E-state index is 0.546. The third kappa shape index (κ3) is 5.14. The Morgan fingerprint density at radius 2 is 1.95 bits per heavy atom. The van der Waals surface area contributed by atoms with Crippen molar-refractivity contribution >= 4 is 5.82 Å². The molecular formula is C17H25N3O. The number of hydrogen-bond acceptors (Lipinski definition) is 3. The second-order valence-corrected chi connectivity index (χ2v) is 5.67. The van der Waals surface area contributed by atoms with Crippen LogP contribution in [0.5, 0.6) is 5.75 Å². The molecule has 1 aromatic carbocycles. The van der Waals surface area contributed by atoms with Crippen LogP contribution < -0.4 is 10.1 Å². The number of nitrogens with one attached hydrogen (secondary N) is 1. The maximum atomic E-state index is 5.68. The fourth-order valence-corrected chi connectivity index (χ4v) is 1.97. The van der Waals surface area contributed by atoms with Crippen LogP contribution in [-0.2, 0) is 13.1 Å². The van der Waals surface area contributed by atoms with Gasteiger partial charge in [0.05, 0.1) is 6.61 Å². The van der Waals surface area contributed by atoms with Gasteiger partial charge in [-0.15, -0.1) is 0 Å². The van der Waals surface area contributed by atoms with Crippen molar-refractivity contribution in [3.8, 4) is 5.75 Å². The van der Waals surface area contributed by atoms with E-state index in [9.17, 15) is 0 Å². The third-order valence-corrected chi connectivity index (χ3v) is 3.07. The van der Waals surface area contributed by atoms with E-state index in [2.05, 4.69) is 43.3 Å². The van der Waals surface area contributed by atoms with Crippen molar-refractivity contribution in [3.05, 3.63) is 42.1 Å². The number of aromatic nitrogens is 2. The van der Waals surface area contributed by atoms with E-state index in [1.807, 2.05) is 29.1 Å². The lowest BCUT2D eigenvalue weighted by Crippen LogP contribution is -2.05. The van der Waals surface area contributed by atoms with Gasteiger partial charge < -0.3 is 10.1 Å². The van der Waals surface area contributed by atoms with Crippen molar-refractivity contribution < 1.29 is 4.74 Å². The lowest BCUT2D eigenvalue weighted by atomic mass is 10.2. The molecule has 4 heteroatoms. The highest BCUT2D eigenvalue weighted by Crippen LogP contribution is 2.14. The summed E-state index contributed by atoms with van der Waals surface area (Å²) in [5.74, 6) is 2.40. The first-order valence-corrected chi connectivity index (χ1v) is 7.66. The highest BCUT2D eigenvalue weighted by Gasteiger charge is 2.00. The van der Waals surface area contributed by atoms with E-state index in [0.717, 1.165) is 37.7 Å². The van der Waals surface area contributed by atoms with Crippen molar-refractivity contribution in [3.63, 3.8) is 0 Å². The molecule has 0 aliphatic heterocycles. The third-order valence-electron chi connectivity index (χ3n) is 3.07. The Morgan fingerprint density at radius 3 is 2.62 bits per heavy atom. The molecule has 2 aromatic rings. The maximum absolute atomic E-state index is 5.68. The number of anilines is 1. The molecule has 0 amide bonds. The molecular weight excluding hydrogens is 262 g/mol. The van der Waals surface area contributed by atoms with E-state index < -0.39 is 0 Å². The Balaban J connectivity index is 1.82. The van der Waals surface area contributed by atoms with Crippen LogP contribution in [0.2, 0.25) is 0 Å². The highest BCUT2D eigenvalue weighted by molar-refractivity contribution is 5.35. The van der Waals surface area contributed by atoms with Gasteiger partial charge in [-0.3, -0.25) is 4.68 Å².